The van der Waals surface area contributed by atoms with Gasteiger partial charge in [0, 0.05) is 11.7 Å². The third-order valence-corrected chi connectivity index (χ3v) is 1.84. The van der Waals surface area contributed by atoms with Gasteiger partial charge in [-0.2, -0.15) is 0 Å². The summed E-state index contributed by atoms with van der Waals surface area (Å²) in [4.78, 5) is 0. The molecule has 0 amide bonds. The van der Waals surface area contributed by atoms with E-state index in [0.29, 0.717) is 6.54 Å². The maximum atomic E-state index is 12.7. The molecule has 0 aliphatic heterocycles. The van der Waals surface area contributed by atoms with Crippen LogP contribution in [-0.4, -0.2) is 12.6 Å². The number of hydrogen-bond donors (Lipinski definition) is 2. The number of anilines is 1. The van der Waals surface area contributed by atoms with Gasteiger partial charge in [0.15, 0.2) is 0 Å². The Morgan fingerprint density at radius 2 is 2.31 bits per heavy atom. The van der Waals surface area contributed by atoms with Crippen LogP contribution in [-0.2, 0) is 0 Å². The van der Waals surface area contributed by atoms with Gasteiger partial charge in [0.25, 0.3) is 0 Å². The molecule has 0 fully saturated rings. The van der Waals surface area contributed by atoms with Crippen molar-refractivity contribution < 1.29 is 4.39 Å². The van der Waals surface area contributed by atoms with Crippen molar-refractivity contribution in [3.63, 3.8) is 0 Å². The van der Waals surface area contributed by atoms with Crippen LogP contribution in [0.25, 0.3) is 0 Å². The van der Waals surface area contributed by atoms with E-state index in [2.05, 4.69) is 5.32 Å². The second-order valence-corrected chi connectivity index (χ2v) is 3.13. The molecule has 0 spiro atoms. The Kier molecular flexibility index (Phi) is 3.71. The van der Waals surface area contributed by atoms with Gasteiger partial charge in [-0.05, 0) is 38.1 Å². The molecule has 1 unspecified atom stereocenters. The van der Waals surface area contributed by atoms with Crippen molar-refractivity contribution in [2.24, 2.45) is 5.73 Å². The molecule has 0 saturated heterocycles. The Morgan fingerprint density at radius 1 is 1.54 bits per heavy atom. The lowest BCUT2D eigenvalue weighted by molar-refractivity contribution is 0.627. The molecular formula is C10H15FN2. The van der Waals surface area contributed by atoms with Gasteiger partial charge in [0.2, 0.25) is 0 Å². The zero-order chi connectivity index (χ0) is 9.68. The fourth-order valence-corrected chi connectivity index (χ4v) is 1.18. The van der Waals surface area contributed by atoms with Crippen LogP contribution in [0.5, 0.6) is 0 Å². The minimum Gasteiger partial charge on any atom is -0.382 e. The summed E-state index contributed by atoms with van der Waals surface area (Å²) in [6, 6.07) is 6.72. The van der Waals surface area contributed by atoms with Crippen molar-refractivity contribution in [1.29, 1.82) is 0 Å². The summed E-state index contributed by atoms with van der Waals surface area (Å²) in [5, 5.41) is 3.16. The minimum atomic E-state index is -0.218. The van der Waals surface area contributed by atoms with Gasteiger partial charge in [-0.15, -0.1) is 0 Å². The number of nitrogens with one attached hydrogen (secondary N) is 1. The van der Waals surface area contributed by atoms with Crippen LogP contribution in [0.4, 0.5) is 10.1 Å². The summed E-state index contributed by atoms with van der Waals surface area (Å²) in [5.41, 5.74) is 6.21. The molecule has 1 rings (SSSR count). The molecule has 3 N–H and O–H groups in total. The average Bonchev–Trinajstić information content (AvgIpc) is 2.04. The fourth-order valence-electron chi connectivity index (χ4n) is 1.18. The van der Waals surface area contributed by atoms with Gasteiger partial charge < -0.3 is 11.1 Å². The molecule has 0 bridgehead atoms. The highest BCUT2D eigenvalue weighted by Gasteiger charge is 2.00. The van der Waals surface area contributed by atoms with E-state index in [-0.39, 0.29) is 11.9 Å². The average molecular weight is 182 g/mol. The zero-order valence-electron chi connectivity index (χ0n) is 7.76. The van der Waals surface area contributed by atoms with Gasteiger partial charge in [0.1, 0.15) is 5.82 Å². The van der Waals surface area contributed by atoms with Gasteiger partial charge in [-0.1, -0.05) is 6.07 Å². The van der Waals surface area contributed by atoms with Crippen molar-refractivity contribution >= 4 is 5.69 Å². The van der Waals surface area contributed by atoms with Gasteiger partial charge in [-0.3, -0.25) is 0 Å². The fraction of sp³-hybridized carbons (Fsp3) is 0.400. The third-order valence-electron chi connectivity index (χ3n) is 1.84. The lowest BCUT2D eigenvalue weighted by Gasteiger charge is -2.13. The number of halogens is 1. The molecule has 1 aromatic carbocycles. The van der Waals surface area contributed by atoms with E-state index in [4.69, 9.17) is 5.73 Å². The molecule has 0 heterocycles. The number of nitrogens with two attached hydrogens (primary N) is 1. The number of hydrogen-bond acceptors (Lipinski definition) is 2. The first kappa shape index (κ1) is 9.99. The van der Waals surface area contributed by atoms with Crippen LogP contribution in [0.2, 0.25) is 0 Å². The highest BCUT2D eigenvalue weighted by atomic mass is 19.1. The predicted molar refractivity (Wildman–Crippen MR) is 53.2 cm³/mol. The van der Waals surface area contributed by atoms with E-state index in [0.717, 1.165) is 12.1 Å². The van der Waals surface area contributed by atoms with Gasteiger partial charge in [-0.25, -0.2) is 4.39 Å². The second kappa shape index (κ2) is 4.82. The minimum absolute atomic E-state index is 0.218. The van der Waals surface area contributed by atoms with Crippen LogP contribution >= 0.6 is 0 Å². The Hall–Kier alpha value is -1.09. The Balaban J connectivity index is 2.53. The van der Waals surface area contributed by atoms with Crippen molar-refractivity contribution in [2.45, 2.75) is 19.4 Å². The smallest absolute Gasteiger partial charge is 0.125 e. The van der Waals surface area contributed by atoms with Gasteiger partial charge in [0.05, 0.1) is 0 Å². The molecule has 3 heteroatoms. The summed E-state index contributed by atoms with van der Waals surface area (Å²) < 4.78 is 12.7. The van der Waals surface area contributed by atoms with E-state index in [1.807, 2.05) is 13.0 Å². The van der Waals surface area contributed by atoms with E-state index < -0.39 is 0 Å². The third kappa shape index (κ3) is 3.42. The lowest BCUT2D eigenvalue weighted by atomic mass is 10.2. The first-order chi connectivity index (χ1) is 6.22. The maximum absolute atomic E-state index is 12.7. The summed E-state index contributed by atoms with van der Waals surface area (Å²) in [6.07, 6.45) is 0.885. The second-order valence-electron chi connectivity index (χ2n) is 3.13. The quantitative estimate of drug-likeness (QED) is 0.747. The zero-order valence-corrected chi connectivity index (χ0v) is 7.76. The molecule has 13 heavy (non-hydrogen) atoms. The van der Waals surface area contributed by atoms with Crippen molar-refractivity contribution in [2.75, 3.05) is 11.9 Å². The normalized spacial score (nSPS) is 12.5. The molecule has 1 aromatic rings. The van der Waals surface area contributed by atoms with Crippen molar-refractivity contribution in [3.8, 4) is 0 Å². The monoisotopic (exact) mass is 182 g/mol. The van der Waals surface area contributed by atoms with E-state index in [1.165, 1.54) is 12.1 Å². The van der Waals surface area contributed by atoms with Gasteiger partial charge >= 0.3 is 0 Å². The SMILES string of the molecule is CC(CCN)Nc1cccc(F)c1. The van der Waals surface area contributed by atoms with Crippen LogP contribution in [0, 0.1) is 5.82 Å². The summed E-state index contributed by atoms with van der Waals surface area (Å²) >= 11 is 0. The van der Waals surface area contributed by atoms with Crippen molar-refractivity contribution in [3.05, 3.63) is 30.1 Å². The highest BCUT2D eigenvalue weighted by Crippen LogP contribution is 2.10. The molecule has 0 aliphatic carbocycles. The number of rotatable bonds is 4. The van der Waals surface area contributed by atoms with E-state index >= 15 is 0 Å². The molecule has 0 saturated carbocycles. The Bertz CT molecular complexity index is 263. The largest absolute Gasteiger partial charge is 0.382 e. The molecule has 0 aromatic heterocycles. The first-order valence-corrected chi connectivity index (χ1v) is 4.44. The summed E-state index contributed by atoms with van der Waals surface area (Å²) in [7, 11) is 0. The molecule has 0 radical (unpaired) electrons. The summed E-state index contributed by atoms with van der Waals surface area (Å²) in [5.74, 6) is -0.218. The van der Waals surface area contributed by atoms with Crippen LogP contribution in [0.15, 0.2) is 24.3 Å². The molecule has 0 aliphatic rings. The number of benzene rings is 1. The molecule has 72 valence electrons. The lowest BCUT2D eigenvalue weighted by Crippen LogP contribution is -2.19. The van der Waals surface area contributed by atoms with E-state index in [9.17, 15) is 4.39 Å². The predicted octanol–water partition coefficient (Wildman–Crippen LogP) is 1.97. The standard InChI is InChI=1S/C10H15FN2/c1-8(5-6-12)13-10-4-2-3-9(11)7-10/h2-4,7-8,13H,5-6,12H2,1H3. The van der Waals surface area contributed by atoms with Crippen molar-refractivity contribution in [1.82, 2.24) is 0 Å². The Morgan fingerprint density at radius 3 is 2.92 bits per heavy atom. The molecule has 1 atom stereocenters. The Labute approximate surface area is 77.9 Å². The van der Waals surface area contributed by atoms with Crippen LogP contribution in [0.1, 0.15) is 13.3 Å². The molecular weight excluding hydrogens is 167 g/mol. The van der Waals surface area contributed by atoms with E-state index in [1.54, 1.807) is 6.07 Å². The highest BCUT2D eigenvalue weighted by molar-refractivity contribution is 5.43. The first-order valence-electron chi connectivity index (χ1n) is 4.44. The topological polar surface area (TPSA) is 38.0 Å². The summed E-state index contributed by atoms with van der Waals surface area (Å²) in [6.45, 7) is 2.67. The van der Waals surface area contributed by atoms with Crippen LogP contribution in [0.3, 0.4) is 0 Å². The molecule has 2 nitrogen and oxygen atoms in total. The van der Waals surface area contributed by atoms with Crippen LogP contribution < -0.4 is 11.1 Å². The maximum Gasteiger partial charge on any atom is 0.125 e.